The number of aliphatic carboxylic acids is 1. The van der Waals surface area contributed by atoms with Crippen molar-refractivity contribution < 1.29 is 15.0 Å². The number of rotatable bonds is 2. The van der Waals surface area contributed by atoms with Crippen molar-refractivity contribution in [3.8, 4) is 0 Å². The number of carboxylic acids is 1. The van der Waals surface area contributed by atoms with Crippen LogP contribution in [0.15, 0.2) is 0 Å². The maximum atomic E-state index is 10.3. The zero-order valence-corrected chi connectivity index (χ0v) is 5.29. The van der Waals surface area contributed by atoms with E-state index in [0.29, 0.717) is 0 Å². The van der Waals surface area contributed by atoms with Gasteiger partial charge in [0.15, 0.2) is 5.60 Å². The van der Waals surface area contributed by atoms with Gasteiger partial charge in [0.05, 0.1) is 0 Å². The molecule has 52 valence electrons. The Hall–Kier alpha value is -0.570. The Labute approximate surface area is 53.3 Å². The van der Waals surface area contributed by atoms with Crippen LogP contribution in [0.2, 0.25) is 0 Å². The Morgan fingerprint density at radius 3 is 2.22 bits per heavy atom. The van der Waals surface area contributed by atoms with Gasteiger partial charge in [-0.2, -0.15) is 0 Å². The van der Waals surface area contributed by atoms with Crippen LogP contribution < -0.4 is 0 Å². The lowest BCUT2D eigenvalue weighted by Gasteiger charge is -2.15. The molecular weight excluding hydrogens is 120 g/mol. The largest absolute Gasteiger partial charge is 0.479 e. The topological polar surface area (TPSA) is 57.5 Å². The van der Waals surface area contributed by atoms with Crippen molar-refractivity contribution in [1.29, 1.82) is 0 Å². The second-order valence-corrected chi connectivity index (χ2v) is 2.73. The maximum absolute atomic E-state index is 10.3. The second-order valence-electron chi connectivity index (χ2n) is 2.73. The predicted molar refractivity (Wildman–Crippen MR) is 31.0 cm³/mol. The number of carbonyl (C=O) groups is 1. The molecule has 9 heavy (non-hydrogen) atoms. The average Bonchev–Trinajstić information content (AvgIpc) is 2.42. The third-order valence-electron chi connectivity index (χ3n) is 1.81. The van der Waals surface area contributed by atoms with Gasteiger partial charge in [0.25, 0.3) is 0 Å². The highest BCUT2D eigenvalue weighted by atomic mass is 16.4. The average molecular weight is 130 g/mol. The lowest BCUT2D eigenvalue weighted by Crippen LogP contribution is -2.36. The summed E-state index contributed by atoms with van der Waals surface area (Å²) < 4.78 is 0. The zero-order valence-electron chi connectivity index (χ0n) is 5.29. The molecule has 1 atom stereocenters. The Morgan fingerprint density at radius 1 is 1.67 bits per heavy atom. The minimum atomic E-state index is -1.47. The Balaban J connectivity index is 2.59. The molecule has 3 nitrogen and oxygen atoms in total. The molecule has 0 aliphatic heterocycles. The molecule has 0 amide bonds. The first-order valence-corrected chi connectivity index (χ1v) is 3.01. The van der Waals surface area contributed by atoms with E-state index in [0.717, 1.165) is 12.8 Å². The molecule has 1 aliphatic rings. The molecule has 1 aliphatic carbocycles. The maximum Gasteiger partial charge on any atom is 0.335 e. The molecule has 2 N–H and O–H groups in total. The monoisotopic (exact) mass is 130 g/mol. The van der Waals surface area contributed by atoms with E-state index >= 15 is 0 Å². The molecule has 0 saturated heterocycles. The van der Waals surface area contributed by atoms with Crippen LogP contribution >= 0.6 is 0 Å². The molecule has 1 saturated carbocycles. The van der Waals surface area contributed by atoms with Crippen LogP contribution in [-0.2, 0) is 4.79 Å². The van der Waals surface area contributed by atoms with Gasteiger partial charge in [-0.1, -0.05) is 0 Å². The molecule has 0 radical (unpaired) electrons. The van der Waals surface area contributed by atoms with E-state index in [9.17, 15) is 4.79 Å². The summed E-state index contributed by atoms with van der Waals surface area (Å²) in [5, 5.41) is 17.5. The van der Waals surface area contributed by atoms with Crippen LogP contribution in [0.5, 0.6) is 0 Å². The fraction of sp³-hybridized carbons (Fsp3) is 0.833. The number of hydrogen-bond donors (Lipinski definition) is 2. The van der Waals surface area contributed by atoms with E-state index in [1.54, 1.807) is 0 Å². The number of hydrogen-bond acceptors (Lipinski definition) is 2. The minimum Gasteiger partial charge on any atom is -0.479 e. The van der Waals surface area contributed by atoms with E-state index in [4.69, 9.17) is 10.2 Å². The summed E-state index contributed by atoms with van der Waals surface area (Å²) in [4.78, 5) is 10.3. The summed E-state index contributed by atoms with van der Waals surface area (Å²) in [6.45, 7) is 1.35. The standard InChI is InChI=1S/C6H10O3/c1-6(9,5(7)8)4-2-3-4/h4,9H,2-3H2,1H3,(H,7,8)/t6-/m0/s1. The molecule has 3 heteroatoms. The van der Waals surface area contributed by atoms with Crippen LogP contribution in [-0.4, -0.2) is 21.8 Å². The van der Waals surface area contributed by atoms with Gasteiger partial charge in [-0.25, -0.2) is 4.79 Å². The van der Waals surface area contributed by atoms with Gasteiger partial charge in [-0.3, -0.25) is 0 Å². The highest BCUT2D eigenvalue weighted by Gasteiger charge is 2.45. The molecule has 0 spiro atoms. The number of carboxylic acid groups (broad SMARTS) is 1. The summed E-state index contributed by atoms with van der Waals surface area (Å²) in [5.41, 5.74) is -1.47. The van der Waals surface area contributed by atoms with Gasteiger partial charge in [0.1, 0.15) is 0 Å². The van der Waals surface area contributed by atoms with Crippen molar-refractivity contribution >= 4 is 5.97 Å². The van der Waals surface area contributed by atoms with Gasteiger partial charge in [0, 0.05) is 0 Å². The summed E-state index contributed by atoms with van der Waals surface area (Å²) in [6, 6.07) is 0. The quantitative estimate of drug-likeness (QED) is 0.562. The van der Waals surface area contributed by atoms with Crippen molar-refractivity contribution in [3.63, 3.8) is 0 Å². The summed E-state index contributed by atoms with van der Waals surface area (Å²) in [6.07, 6.45) is 1.69. The highest BCUT2D eigenvalue weighted by Crippen LogP contribution is 2.39. The minimum absolute atomic E-state index is 0.00463. The highest BCUT2D eigenvalue weighted by molar-refractivity contribution is 5.77. The van der Waals surface area contributed by atoms with Gasteiger partial charge in [-0.15, -0.1) is 0 Å². The van der Waals surface area contributed by atoms with Gasteiger partial charge in [0.2, 0.25) is 0 Å². The lowest BCUT2D eigenvalue weighted by atomic mass is 10.0. The number of aliphatic hydroxyl groups is 1. The van der Waals surface area contributed by atoms with Crippen LogP contribution in [0.25, 0.3) is 0 Å². The Kier molecular flexibility index (Phi) is 1.24. The van der Waals surface area contributed by atoms with Gasteiger partial charge >= 0.3 is 5.97 Å². The molecule has 0 unspecified atom stereocenters. The third kappa shape index (κ3) is 1.05. The molecule has 0 aromatic carbocycles. The van der Waals surface area contributed by atoms with Crippen molar-refractivity contribution in [2.75, 3.05) is 0 Å². The molecule has 0 bridgehead atoms. The first kappa shape index (κ1) is 6.55. The van der Waals surface area contributed by atoms with E-state index < -0.39 is 11.6 Å². The fourth-order valence-corrected chi connectivity index (χ4v) is 0.820. The lowest BCUT2D eigenvalue weighted by molar-refractivity contribution is -0.158. The van der Waals surface area contributed by atoms with Gasteiger partial charge in [-0.05, 0) is 25.7 Å². The van der Waals surface area contributed by atoms with Crippen LogP contribution in [0.4, 0.5) is 0 Å². The SMILES string of the molecule is C[C@@](O)(C(=O)O)C1CC1. The van der Waals surface area contributed by atoms with Crippen molar-refractivity contribution in [3.05, 3.63) is 0 Å². The molecule has 0 heterocycles. The molecule has 0 aromatic rings. The van der Waals surface area contributed by atoms with Crippen LogP contribution in [0, 0.1) is 5.92 Å². The normalized spacial score (nSPS) is 25.1. The van der Waals surface area contributed by atoms with E-state index in [1.807, 2.05) is 0 Å². The van der Waals surface area contributed by atoms with Crippen LogP contribution in [0.1, 0.15) is 19.8 Å². The van der Waals surface area contributed by atoms with Crippen LogP contribution in [0.3, 0.4) is 0 Å². The summed E-state index contributed by atoms with van der Waals surface area (Å²) in [7, 11) is 0. The first-order chi connectivity index (χ1) is 4.05. The molecular formula is C6H10O3. The fourth-order valence-electron chi connectivity index (χ4n) is 0.820. The molecule has 1 rings (SSSR count). The van der Waals surface area contributed by atoms with Crippen molar-refractivity contribution in [1.82, 2.24) is 0 Å². The third-order valence-corrected chi connectivity index (χ3v) is 1.81. The summed E-state index contributed by atoms with van der Waals surface area (Å²) >= 11 is 0. The zero-order chi connectivity index (χ0) is 7.07. The van der Waals surface area contributed by atoms with Crippen molar-refractivity contribution in [2.45, 2.75) is 25.4 Å². The Bertz CT molecular complexity index is 135. The van der Waals surface area contributed by atoms with Gasteiger partial charge < -0.3 is 10.2 Å². The smallest absolute Gasteiger partial charge is 0.335 e. The summed E-state index contributed by atoms with van der Waals surface area (Å²) in [5.74, 6) is -1.11. The van der Waals surface area contributed by atoms with E-state index in [-0.39, 0.29) is 5.92 Å². The predicted octanol–water partition coefficient (Wildman–Crippen LogP) is 0.232. The molecule has 0 aromatic heterocycles. The van der Waals surface area contributed by atoms with E-state index in [1.165, 1.54) is 6.92 Å². The second kappa shape index (κ2) is 1.70. The van der Waals surface area contributed by atoms with E-state index in [2.05, 4.69) is 0 Å². The van der Waals surface area contributed by atoms with Crippen molar-refractivity contribution in [2.24, 2.45) is 5.92 Å². The first-order valence-electron chi connectivity index (χ1n) is 3.01. The molecule has 1 fully saturated rings. The Morgan fingerprint density at radius 2 is 2.11 bits per heavy atom.